The van der Waals surface area contributed by atoms with E-state index in [-0.39, 0.29) is 35.5 Å². The molecule has 0 spiro atoms. The summed E-state index contributed by atoms with van der Waals surface area (Å²) in [6, 6.07) is 27.9. The van der Waals surface area contributed by atoms with Crippen molar-refractivity contribution in [3.63, 3.8) is 0 Å². The minimum atomic E-state index is -4.39. The van der Waals surface area contributed by atoms with Gasteiger partial charge < -0.3 is 10.2 Å². The fourth-order valence-electron chi connectivity index (χ4n) is 4.71. The molecule has 2 atom stereocenters. The van der Waals surface area contributed by atoms with E-state index in [1.807, 2.05) is 44.2 Å². The second-order valence-corrected chi connectivity index (χ2v) is 12.7. The first-order valence-electron chi connectivity index (χ1n) is 14.3. The molecule has 0 radical (unpaired) electrons. The molecule has 0 saturated heterocycles. The number of rotatable bonds is 13. The molecule has 0 bridgehead atoms. The van der Waals surface area contributed by atoms with Crippen LogP contribution in [-0.4, -0.2) is 43.8 Å². The normalized spacial score (nSPS) is 12.6. The first kappa shape index (κ1) is 32.7. The van der Waals surface area contributed by atoms with Crippen LogP contribution in [-0.2, 0) is 32.6 Å². The lowest BCUT2D eigenvalue weighted by Crippen LogP contribution is -2.54. The number of nitrogens with zero attached hydrogens (tertiary/aromatic N) is 2. The van der Waals surface area contributed by atoms with Crippen molar-refractivity contribution in [1.82, 2.24) is 10.2 Å². The van der Waals surface area contributed by atoms with E-state index < -0.39 is 34.3 Å². The number of anilines is 1. The number of hydrogen-bond donors (Lipinski definition) is 1. The molecule has 0 fully saturated rings. The molecule has 1 N–H and O–H groups in total. The average Bonchev–Trinajstić information content (AvgIpc) is 3.02. The lowest BCUT2D eigenvalue weighted by molar-refractivity contribution is -0.140. The predicted octanol–water partition coefficient (Wildman–Crippen LogP) is 6.23. The Morgan fingerprint density at radius 1 is 0.864 bits per heavy atom. The summed E-state index contributed by atoms with van der Waals surface area (Å²) < 4.78 is 43.8. The Morgan fingerprint density at radius 2 is 1.48 bits per heavy atom. The molecule has 0 heterocycles. The van der Waals surface area contributed by atoms with Gasteiger partial charge in [-0.25, -0.2) is 12.8 Å². The molecule has 0 saturated carbocycles. The second-order valence-electron chi connectivity index (χ2n) is 10.5. The number of para-hydroxylation sites is 1. The number of nitrogens with one attached hydrogen (secondary N) is 1. The first-order chi connectivity index (χ1) is 21.1. The Balaban J connectivity index is 1.81. The molecule has 2 amide bonds. The summed E-state index contributed by atoms with van der Waals surface area (Å²) in [5.74, 6) is -1.88. The lowest BCUT2D eigenvalue weighted by atomic mass is 10.0. The van der Waals surface area contributed by atoms with Gasteiger partial charge in [0.1, 0.15) is 18.4 Å². The summed E-state index contributed by atoms with van der Waals surface area (Å²) in [6.45, 7) is 3.02. The minimum absolute atomic E-state index is 0.0404. The topological polar surface area (TPSA) is 86.8 Å². The summed E-state index contributed by atoms with van der Waals surface area (Å²) in [5, 5.41) is 3.42. The van der Waals surface area contributed by atoms with Crippen molar-refractivity contribution in [3.05, 3.63) is 131 Å². The van der Waals surface area contributed by atoms with Gasteiger partial charge in [0.2, 0.25) is 11.8 Å². The number of amides is 2. The molecule has 0 aliphatic rings. The van der Waals surface area contributed by atoms with Crippen molar-refractivity contribution in [2.75, 3.05) is 10.8 Å². The molecule has 2 unspecified atom stereocenters. The van der Waals surface area contributed by atoms with E-state index in [0.717, 1.165) is 15.9 Å². The monoisotopic (exact) mass is 635 g/mol. The van der Waals surface area contributed by atoms with Gasteiger partial charge in [0.15, 0.2) is 0 Å². The summed E-state index contributed by atoms with van der Waals surface area (Å²) in [4.78, 5) is 29.5. The van der Waals surface area contributed by atoms with E-state index in [0.29, 0.717) is 17.0 Å². The summed E-state index contributed by atoms with van der Waals surface area (Å²) in [7, 11) is -4.39. The zero-order valence-electron chi connectivity index (χ0n) is 24.6. The molecule has 0 aromatic heterocycles. The van der Waals surface area contributed by atoms with Crippen LogP contribution in [0.15, 0.2) is 114 Å². The summed E-state index contributed by atoms with van der Waals surface area (Å²) in [5.41, 5.74) is 1.17. The smallest absolute Gasteiger partial charge is 0.264 e. The van der Waals surface area contributed by atoms with Gasteiger partial charge in [-0.2, -0.15) is 0 Å². The van der Waals surface area contributed by atoms with E-state index in [1.54, 1.807) is 42.5 Å². The van der Waals surface area contributed by atoms with Gasteiger partial charge in [-0.05, 0) is 60.9 Å². The van der Waals surface area contributed by atoms with Gasteiger partial charge in [-0.3, -0.25) is 13.9 Å². The minimum Gasteiger partial charge on any atom is -0.352 e. The Hall–Kier alpha value is -4.21. The lowest BCUT2D eigenvalue weighted by Gasteiger charge is -2.34. The average molecular weight is 636 g/mol. The zero-order chi connectivity index (χ0) is 31.7. The Bertz CT molecular complexity index is 1670. The van der Waals surface area contributed by atoms with Crippen LogP contribution < -0.4 is 9.62 Å². The Morgan fingerprint density at radius 3 is 2.11 bits per heavy atom. The predicted molar refractivity (Wildman–Crippen MR) is 171 cm³/mol. The number of carbonyl (C=O) groups is 2. The highest BCUT2D eigenvalue weighted by Crippen LogP contribution is 2.27. The van der Waals surface area contributed by atoms with Crippen molar-refractivity contribution >= 4 is 39.1 Å². The molecule has 4 aromatic carbocycles. The fraction of sp³-hybridized carbons (Fsp3) is 0.235. The second kappa shape index (κ2) is 15.0. The maximum absolute atomic E-state index is 15.2. The molecule has 4 rings (SSSR count). The van der Waals surface area contributed by atoms with E-state index in [1.165, 1.54) is 35.2 Å². The number of sulfonamides is 1. The van der Waals surface area contributed by atoms with Crippen molar-refractivity contribution in [2.45, 2.75) is 50.2 Å². The molecular formula is C34H35ClFN3O4S. The van der Waals surface area contributed by atoms with Crippen LogP contribution in [0.25, 0.3) is 0 Å². The highest BCUT2D eigenvalue weighted by Gasteiger charge is 2.35. The maximum atomic E-state index is 15.2. The van der Waals surface area contributed by atoms with Gasteiger partial charge >= 0.3 is 0 Å². The molecule has 44 heavy (non-hydrogen) atoms. The summed E-state index contributed by atoms with van der Waals surface area (Å²) >= 11 is 6.26. The van der Waals surface area contributed by atoms with Crippen LogP contribution in [0.5, 0.6) is 0 Å². The number of benzene rings is 4. The van der Waals surface area contributed by atoms with Gasteiger partial charge in [0.05, 0.1) is 10.6 Å². The van der Waals surface area contributed by atoms with E-state index >= 15 is 4.39 Å². The first-order valence-corrected chi connectivity index (χ1v) is 16.1. The van der Waals surface area contributed by atoms with Crippen LogP contribution in [0, 0.1) is 5.82 Å². The van der Waals surface area contributed by atoms with Crippen LogP contribution in [0.2, 0.25) is 5.02 Å². The third kappa shape index (κ3) is 8.24. The van der Waals surface area contributed by atoms with E-state index in [9.17, 15) is 18.0 Å². The third-order valence-corrected chi connectivity index (χ3v) is 9.25. The van der Waals surface area contributed by atoms with Crippen LogP contribution in [0.1, 0.15) is 31.4 Å². The van der Waals surface area contributed by atoms with Crippen molar-refractivity contribution in [1.29, 1.82) is 0 Å². The fourth-order valence-corrected chi connectivity index (χ4v) is 6.37. The summed E-state index contributed by atoms with van der Waals surface area (Å²) in [6.07, 6.45) is 0.836. The Labute approximate surface area is 263 Å². The standard InChI is InChI=1S/C34H35ClFN3O4S/c1-3-25(2)37-34(41)32(22-26-13-6-4-7-14-26)38(23-27-15-12-16-28(35)21-27)33(40)24-39(31-20-11-10-19-30(31)36)44(42,43)29-17-8-5-9-18-29/h4-21,25,32H,3,22-24H2,1-2H3,(H,37,41). The van der Waals surface area contributed by atoms with Crippen LogP contribution >= 0.6 is 11.6 Å². The highest BCUT2D eigenvalue weighted by atomic mass is 35.5. The third-order valence-electron chi connectivity index (χ3n) is 7.25. The van der Waals surface area contributed by atoms with E-state index in [4.69, 9.17) is 11.6 Å². The van der Waals surface area contributed by atoms with Gasteiger partial charge in [0.25, 0.3) is 10.0 Å². The molecule has 0 aliphatic carbocycles. The largest absolute Gasteiger partial charge is 0.352 e. The van der Waals surface area contributed by atoms with Crippen LogP contribution in [0.4, 0.5) is 10.1 Å². The van der Waals surface area contributed by atoms with Gasteiger partial charge in [0, 0.05) is 24.0 Å². The number of halogens is 2. The number of carbonyl (C=O) groups excluding carboxylic acids is 2. The van der Waals surface area contributed by atoms with Crippen molar-refractivity contribution in [2.24, 2.45) is 0 Å². The van der Waals surface area contributed by atoms with Crippen LogP contribution in [0.3, 0.4) is 0 Å². The van der Waals surface area contributed by atoms with Gasteiger partial charge in [-0.1, -0.05) is 91.3 Å². The molecule has 4 aromatic rings. The zero-order valence-corrected chi connectivity index (χ0v) is 26.1. The molecule has 10 heteroatoms. The maximum Gasteiger partial charge on any atom is 0.264 e. The highest BCUT2D eigenvalue weighted by molar-refractivity contribution is 7.92. The Kier molecular flexibility index (Phi) is 11.1. The molecule has 230 valence electrons. The molecule has 7 nitrogen and oxygen atoms in total. The van der Waals surface area contributed by atoms with Gasteiger partial charge in [-0.15, -0.1) is 0 Å². The van der Waals surface area contributed by atoms with Crippen molar-refractivity contribution in [3.8, 4) is 0 Å². The molecule has 0 aliphatic heterocycles. The molecular weight excluding hydrogens is 601 g/mol. The van der Waals surface area contributed by atoms with E-state index in [2.05, 4.69) is 5.32 Å². The van der Waals surface area contributed by atoms with Crippen molar-refractivity contribution < 1.29 is 22.4 Å². The number of hydrogen-bond acceptors (Lipinski definition) is 4. The SMILES string of the molecule is CCC(C)NC(=O)C(Cc1ccccc1)N(Cc1cccc(Cl)c1)C(=O)CN(c1ccccc1F)S(=O)(=O)c1ccccc1. The quantitative estimate of drug-likeness (QED) is 0.189.